The number of Topliss-reactive ketones (excluding diaryl/α,β-unsaturated/α-hetero) is 1. The molecule has 0 saturated heterocycles. The van der Waals surface area contributed by atoms with Crippen LogP contribution in [0.4, 0.5) is 0 Å². The Morgan fingerprint density at radius 1 is 1.24 bits per heavy atom. The molecule has 2 aromatic heterocycles. The van der Waals surface area contributed by atoms with Crippen molar-refractivity contribution in [1.82, 2.24) is 9.55 Å². The summed E-state index contributed by atoms with van der Waals surface area (Å²) in [5.74, 6) is 0.630. The molecule has 3 heterocycles. The number of ketones is 1. The normalized spacial score (nSPS) is 19.0. The van der Waals surface area contributed by atoms with Crippen LogP contribution < -0.4 is 5.56 Å². The van der Waals surface area contributed by atoms with Crippen molar-refractivity contribution in [3.63, 3.8) is 0 Å². The third-order valence-corrected chi connectivity index (χ3v) is 9.23. The summed E-state index contributed by atoms with van der Waals surface area (Å²) in [4.78, 5) is 33.7. The molecule has 180 valence electrons. The molecule has 5 nitrogen and oxygen atoms in total. The Hall–Kier alpha value is -1.67. The minimum atomic E-state index is 0.00450. The minimum absolute atomic E-state index is 0.00450. The van der Waals surface area contributed by atoms with Crippen molar-refractivity contribution in [2.75, 3.05) is 5.75 Å². The quantitative estimate of drug-likeness (QED) is 0.207. The van der Waals surface area contributed by atoms with Crippen LogP contribution in [0.2, 0.25) is 5.02 Å². The number of halogens is 1. The zero-order chi connectivity index (χ0) is 23.8. The maximum Gasteiger partial charge on any atom is 0.263 e. The summed E-state index contributed by atoms with van der Waals surface area (Å²) in [6.45, 7) is 4.87. The SMILES string of the molecule is CC(C)[C@@H]1Cc2c(sc3nc(SCC(=O)c4ccc(Cl)cc4)n(C4CCCCC4)c(=O)c23)CO1. The fourth-order valence-corrected chi connectivity index (χ4v) is 7.21. The number of benzene rings is 1. The molecular weight excluding hydrogens is 488 g/mol. The van der Waals surface area contributed by atoms with E-state index >= 15 is 0 Å². The summed E-state index contributed by atoms with van der Waals surface area (Å²) in [6, 6.07) is 7.08. The highest BCUT2D eigenvalue weighted by atomic mass is 35.5. The van der Waals surface area contributed by atoms with E-state index in [0.717, 1.165) is 52.8 Å². The molecule has 0 unspecified atom stereocenters. The van der Waals surface area contributed by atoms with Crippen molar-refractivity contribution >= 4 is 50.7 Å². The molecule has 0 spiro atoms. The number of hydrogen-bond donors (Lipinski definition) is 0. The number of aromatic nitrogens is 2. The Kier molecular flexibility index (Phi) is 7.17. The van der Waals surface area contributed by atoms with Gasteiger partial charge in [0.05, 0.1) is 23.8 Å². The number of hydrogen-bond acceptors (Lipinski definition) is 6. The van der Waals surface area contributed by atoms with Gasteiger partial charge in [-0.15, -0.1) is 11.3 Å². The number of thioether (sulfide) groups is 1. The highest BCUT2D eigenvalue weighted by molar-refractivity contribution is 7.99. The van der Waals surface area contributed by atoms with Crippen LogP contribution in [-0.4, -0.2) is 27.2 Å². The number of rotatable bonds is 6. The molecule has 1 fully saturated rings. The molecule has 0 N–H and O–H groups in total. The standard InChI is InChI=1S/C26H29ClN2O3S2/c1-15(2)21-12-19-22(13-32-21)34-24-23(19)25(31)29(18-6-4-3-5-7-18)26(28-24)33-14-20(30)16-8-10-17(27)11-9-16/h8-11,15,18,21H,3-7,12-14H2,1-2H3/t21-/m0/s1. The predicted octanol–water partition coefficient (Wildman–Crippen LogP) is 6.69. The Balaban J connectivity index is 1.53. The van der Waals surface area contributed by atoms with Crippen LogP contribution in [0.1, 0.15) is 72.8 Å². The van der Waals surface area contributed by atoms with Gasteiger partial charge in [0.15, 0.2) is 10.9 Å². The van der Waals surface area contributed by atoms with Gasteiger partial charge in [-0.25, -0.2) is 4.98 Å². The van der Waals surface area contributed by atoms with Crippen LogP contribution in [0.3, 0.4) is 0 Å². The van der Waals surface area contributed by atoms with Gasteiger partial charge in [-0.3, -0.25) is 14.2 Å². The lowest BCUT2D eigenvalue weighted by Crippen LogP contribution is -2.31. The van der Waals surface area contributed by atoms with Gasteiger partial charge in [-0.05, 0) is 48.6 Å². The van der Waals surface area contributed by atoms with Gasteiger partial charge in [0.1, 0.15) is 4.83 Å². The van der Waals surface area contributed by atoms with E-state index in [9.17, 15) is 9.59 Å². The smallest absolute Gasteiger partial charge is 0.263 e. The lowest BCUT2D eigenvalue weighted by molar-refractivity contribution is 0.00200. The summed E-state index contributed by atoms with van der Waals surface area (Å²) < 4.78 is 7.97. The van der Waals surface area contributed by atoms with Crippen molar-refractivity contribution in [2.24, 2.45) is 5.92 Å². The number of fused-ring (bicyclic) bond motifs is 3. The third-order valence-electron chi connectivity index (χ3n) is 6.92. The Morgan fingerprint density at radius 2 is 1.97 bits per heavy atom. The van der Waals surface area contributed by atoms with Gasteiger partial charge < -0.3 is 4.74 Å². The van der Waals surface area contributed by atoms with Crippen molar-refractivity contribution in [3.8, 4) is 0 Å². The summed E-state index contributed by atoms with van der Waals surface area (Å²) in [7, 11) is 0. The second-order valence-electron chi connectivity index (χ2n) is 9.56. The van der Waals surface area contributed by atoms with Gasteiger partial charge in [0.2, 0.25) is 0 Å². The van der Waals surface area contributed by atoms with E-state index in [2.05, 4.69) is 13.8 Å². The van der Waals surface area contributed by atoms with Crippen molar-refractivity contribution < 1.29 is 9.53 Å². The first-order valence-corrected chi connectivity index (χ1v) is 14.2. The van der Waals surface area contributed by atoms with Crippen molar-refractivity contribution in [2.45, 2.75) is 76.3 Å². The zero-order valence-electron chi connectivity index (χ0n) is 19.5. The molecule has 0 amide bonds. The number of carbonyl (C=O) groups excluding carboxylic acids is 1. The summed E-state index contributed by atoms with van der Waals surface area (Å²) >= 11 is 8.91. The van der Waals surface area contributed by atoms with Crippen LogP contribution in [0, 0.1) is 5.92 Å². The third kappa shape index (κ3) is 4.72. The number of thiophene rings is 1. The summed E-state index contributed by atoms with van der Waals surface area (Å²) in [5.41, 5.74) is 1.80. The van der Waals surface area contributed by atoms with Crippen molar-refractivity contribution in [3.05, 3.63) is 55.6 Å². The molecule has 1 atom stereocenters. The molecule has 5 rings (SSSR count). The fraction of sp³-hybridized carbons (Fsp3) is 0.500. The van der Waals surface area contributed by atoms with Crippen LogP contribution >= 0.6 is 34.7 Å². The predicted molar refractivity (Wildman–Crippen MR) is 140 cm³/mol. The van der Waals surface area contributed by atoms with E-state index < -0.39 is 0 Å². The molecule has 3 aromatic rings. The average molecular weight is 517 g/mol. The zero-order valence-corrected chi connectivity index (χ0v) is 21.9. The molecule has 1 aliphatic heterocycles. The van der Waals surface area contributed by atoms with Gasteiger partial charge in [-0.1, -0.05) is 56.5 Å². The van der Waals surface area contributed by atoms with Crippen LogP contribution in [0.25, 0.3) is 10.2 Å². The molecule has 0 radical (unpaired) electrons. The van der Waals surface area contributed by atoms with E-state index in [1.165, 1.54) is 18.2 Å². The second-order valence-corrected chi connectivity index (χ2v) is 12.0. The molecule has 34 heavy (non-hydrogen) atoms. The van der Waals surface area contributed by atoms with Crippen molar-refractivity contribution in [1.29, 1.82) is 0 Å². The van der Waals surface area contributed by atoms with E-state index in [1.807, 2.05) is 4.57 Å². The van der Waals surface area contributed by atoms with E-state index in [0.29, 0.717) is 28.3 Å². The van der Waals surface area contributed by atoms with Crippen LogP contribution in [0.5, 0.6) is 0 Å². The second kappa shape index (κ2) is 10.1. The molecule has 1 aromatic carbocycles. The van der Waals surface area contributed by atoms with Crippen LogP contribution in [-0.2, 0) is 17.8 Å². The number of carbonyl (C=O) groups is 1. The summed E-state index contributed by atoms with van der Waals surface area (Å²) in [6.07, 6.45) is 6.29. The first-order chi connectivity index (χ1) is 16.4. The van der Waals surface area contributed by atoms with Gasteiger partial charge in [0, 0.05) is 27.9 Å². The fourth-order valence-electron chi connectivity index (χ4n) is 4.96. The molecule has 0 bridgehead atoms. The monoisotopic (exact) mass is 516 g/mol. The highest BCUT2D eigenvalue weighted by Gasteiger charge is 2.30. The molecule has 8 heteroatoms. The Morgan fingerprint density at radius 3 is 2.68 bits per heavy atom. The Bertz CT molecular complexity index is 1260. The van der Waals surface area contributed by atoms with E-state index in [-0.39, 0.29) is 29.2 Å². The van der Waals surface area contributed by atoms with Gasteiger partial charge in [-0.2, -0.15) is 0 Å². The lowest BCUT2D eigenvalue weighted by Gasteiger charge is -2.27. The maximum absolute atomic E-state index is 14.0. The first-order valence-electron chi connectivity index (χ1n) is 12.0. The highest BCUT2D eigenvalue weighted by Crippen LogP contribution is 2.38. The molecule has 1 aliphatic carbocycles. The maximum atomic E-state index is 14.0. The molecule has 1 saturated carbocycles. The topological polar surface area (TPSA) is 61.2 Å². The average Bonchev–Trinajstić information content (AvgIpc) is 3.21. The summed E-state index contributed by atoms with van der Waals surface area (Å²) in [5, 5.41) is 2.03. The van der Waals surface area contributed by atoms with Gasteiger partial charge in [0.25, 0.3) is 5.56 Å². The number of nitrogens with zero attached hydrogens (tertiary/aromatic N) is 2. The van der Waals surface area contributed by atoms with Gasteiger partial charge >= 0.3 is 0 Å². The molecular formula is C26H29ClN2O3S2. The first kappa shape index (κ1) is 24.0. The number of ether oxygens (including phenoxy) is 1. The minimum Gasteiger partial charge on any atom is -0.372 e. The molecule has 2 aliphatic rings. The van der Waals surface area contributed by atoms with E-state index in [4.69, 9.17) is 21.3 Å². The Labute approximate surface area is 212 Å². The lowest BCUT2D eigenvalue weighted by atomic mass is 9.94. The van der Waals surface area contributed by atoms with Crippen LogP contribution in [0.15, 0.2) is 34.2 Å². The largest absolute Gasteiger partial charge is 0.372 e. The van der Waals surface area contributed by atoms with E-state index in [1.54, 1.807) is 35.6 Å².